The van der Waals surface area contributed by atoms with Crippen LogP contribution in [0.2, 0.25) is 0 Å². The number of hydrogen-bond donors (Lipinski definition) is 0. The molecule has 0 aliphatic carbocycles. The van der Waals surface area contributed by atoms with Crippen molar-refractivity contribution in [1.29, 1.82) is 0 Å². The number of alkyl halides is 3. The zero-order chi connectivity index (χ0) is 11.9. The molecule has 0 spiro atoms. The van der Waals surface area contributed by atoms with Gasteiger partial charge in [-0.3, -0.25) is 4.68 Å². The number of aromatic nitrogens is 2. The van der Waals surface area contributed by atoms with E-state index in [1.54, 1.807) is 0 Å². The first-order valence-electron chi connectivity index (χ1n) is 3.65. The molecule has 4 nitrogen and oxygen atoms in total. The van der Waals surface area contributed by atoms with Crippen LogP contribution in [0.25, 0.3) is 0 Å². The molecule has 0 bridgehead atoms. The van der Waals surface area contributed by atoms with Gasteiger partial charge in [0.2, 0.25) is 0 Å². The first kappa shape index (κ1) is 12.3. The highest BCUT2D eigenvalue weighted by Crippen LogP contribution is 2.22. The lowest BCUT2D eigenvalue weighted by Gasteiger charge is -2.07. The summed E-state index contributed by atoms with van der Waals surface area (Å²) in [6.07, 6.45) is -3.66. The predicted molar refractivity (Wildman–Crippen MR) is 46.1 cm³/mol. The monoisotopic (exact) mass is 262 g/mol. The van der Waals surface area contributed by atoms with Gasteiger partial charge in [0.1, 0.15) is 11.4 Å². The molecule has 0 atom stereocenters. The van der Waals surface area contributed by atoms with Crippen LogP contribution in [0, 0.1) is 6.92 Å². The van der Waals surface area contributed by atoms with Crippen LogP contribution in [0.5, 0.6) is 0 Å². The SMILES string of the molecule is Cc1c(S(=O)(=O)Cl)cnn1CC(F)(F)F. The summed E-state index contributed by atoms with van der Waals surface area (Å²) in [6, 6.07) is 0. The first-order chi connectivity index (χ1) is 6.61. The molecule has 86 valence electrons. The molecule has 9 heteroatoms. The fourth-order valence-corrected chi connectivity index (χ4v) is 2.08. The zero-order valence-electron chi connectivity index (χ0n) is 7.42. The Hall–Kier alpha value is -0.760. The van der Waals surface area contributed by atoms with Crippen molar-refractivity contribution in [3.05, 3.63) is 11.9 Å². The van der Waals surface area contributed by atoms with E-state index in [0.717, 1.165) is 6.20 Å². The average Bonchev–Trinajstić information content (AvgIpc) is 2.27. The van der Waals surface area contributed by atoms with Gasteiger partial charge in [0.25, 0.3) is 9.05 Å². The van der Waals surface area contributed by atoms with Crippen LogP contribution in [0.1, 0.15) is 5.69 Å². The van der Waals surface area contributed by atoms with Crippen LogP contribution in [0.15, 0.2) is 11.1 Å². The minimum Gasteiger partial charge on any atom is -0.259 e. The fourth-order valence-electron chi connectivity index (χ4n) is 0.998. The van der Waals surface area contributed by atoms with Crippen molar-refractivity contribution >= 4 is 19.7 Å². The van der Waals surface area contributed by atoms with Gasteiger partial charge in [-0.25, -0.2) is 8.42 Å². The van der Waals surface area contributed by atoms with Crippen LogP contribution in [0.4, 0.5) is 13.2 Å². The van der Waals surface area contributed by atoms with E-state index in [-0.39, 0.29) is 5.69 Å². The molecule has 1 aromatic rings. The summed E-state index contributed by atoms with van der Waals surface area (Å²) in [5.74, 6) is 0. The van der Waals surface area contributed by atoms with Crippen molar-refractivity contribution < 1.29 is 21.6 Å². The van der Waals surface area contributed by atoms with E-state index in [1.807, 2.05) is 0 Å². The van der Waals surface area contributed by atoms with Gasteiger partial charge in [-0.05, 0) is 6.92 Å². The van der Waals surface area contributed by atoms with Crippen molar-refractivity contribution in [2.45, 2.75) is 24.5 Å². The molecular weight excluding hydrogens is 257 g/mol. The van der Waals surface area contributed by atoms with Crippen molar-refractivity contribution in [1.82, 2.24) is 9.78 Å². The Labute approximate surface area is 88.1 Å². The molecule has 1 aromatic heterocycles. The molecule has 0 saturated carbocycles. The number of nitrogens with zero attached hydrogens (tertiary/aromatic N) is 2. The molecule has 0 N–H and O–H groups in total. The molecule has 1 rings (SSSR count). The number of rotatable bonds is 2. The van der Waals surface area contributed by atoms with E-state index < -0.39 is 26.7 Å². The highest BCUT2D eigenvalue weighted by atomic mass is 35.7. The van der Waals surface area contributed by atoms with Crippen molar-refractivity contribution in [3.63, 3.8) is 0 Å². The van der Waals surface area contributed by atoms with Crippen molar-refractivity contribution in [2.75, 3.05) is 0 Å². The van der Waals surface area contributed by atoms with E-state index in [9.17, 15) is 21.6 Å². The van der Waals surface area contributed by atoms with Crippen LogP contribution < -0.4 is 0 Å². The summed E-state index contributed by atoms with van der Waals surface area (Å²) in [7, 11) is 0.939. The van der Waals surface area contributed by atoms with Gasteiger partial charge in [-0.2, -0.15) is 18.3 Å². The molecule has 0 saturated heterocycles. The summed E-state index contributed by atoms with van der Waals surface area (Å²) < 4.78 is 58.2. The highest BCUT2D eigenvalue weighted by Gasteiger charge is 2.30. The second-order valence-corrected chi connectivity index (χ2v) is 5.34. The van der Waals surface area contributed by atoms with Crippen molar-refractivity contribution in [3.8, 4) is 0 Å². The van der Waals surface area contributed by atoms with Gasteiger partial charge in [0.05, 0.1) is 11.9 Å². The third-order valence-corrected chi connectivity index (χ3v) is 3.07. The lowest BCUT2D eigenvalue weighted by atomic mass is 10.5. The predicted octanol–water partition coefficient (Wildman–Crippen LogP) is 1.68. The van der Waals surface area contributed by atoms with Crippen LogP contribution >= 0.6 is 10.7 Å². The average molecular weight is 263 g/mol. The van der Waals surface area contributed by atoms with Gasteiger partial charge in [0.15, 0.2) is 0 Å². The normalized spacial score (nSPS) is 13.1. The van der Waals surface area contributed by atoms with Gasteiger partial charge in [-0.1, -0.05) is 0 Å². The molecule has 0 amide bonds. The van der Waals surface area contributed by atoms with E-state index in [4.69, 9.17) is 10.7 Å². The maximum atomic E-state index is 12.0. The Balaban J connectivity index is 3.11. The van der Waals surface area contributed by atoms with Crippen LogP contribution in [-0.4, -0.2) is 24.4 Å². The maximum absolute atomic E-state index is 12.0. The molecule has 1 heterocycles. The lowest BCUT2D eigenvalue weighted by Crippen LogP contribution is -2.19. The second kappa shape index (κ2) is 3.67. The molecule has 0 aliphatic heterocycles. The largest absolute Gasteiger partial charge is 0.408 e. The van der Waals surface area contributed by atoms with E-state index in [0.29, 0.717) is 4.68 Å². The highest BCUT2D eigenvalue weighted by molar-refractivity contribution is 8.13. The van der Waals surface area contributed by atoms with Gasteiger partial charge in [-0.15, -0.1) is 0 Å². The topological polar surface area (TPSA) is 52.0 Å². The van der Waals surface area contributed by atoms with Crippen LogP contribution in [-0.2, 0) is 15.6 Å². The molecule has 0 radical (unpaired) electrons. The summed E-state index contributed by atoms with van der Waals surface area (Å²) in [5, 5.41) is 3.30. The molecule has 15 heavy (non-hydrogen) atoms. The fraction of sp³-hybridized carbons (Fsp3) is 0.500. The quantitative estimate of drug-likeness (QED) is 0.762. The van der Waals surface area contributed by atoms with Gasteiger partial charge in [0, 0.05) is 10.7 Å². The summed E-state index contributed by atoms with van der Waals surface area (Å²) in [5.41, 5.74) is -0.137. The van der Waals surface area contributed by atoms with E-state index in [2.05, 4.69) is 5.10 Å². The minimum atomic E-state index is -4.45. The van der Waals surface area contributed by atoms with Gasteiger partial charge >= 0.3 is 6.18 Å². The third kappa shape index (κ3) is 3.10. The Morgan fingerprint density at radius 1 is 1.53 bits per heavy atom. The standard InChI is InChI=1S/C6H6ClF3N2O2S/c1-4-5(15(7,13)14)2-11-12(4)3-6(8,9)10/h2H,3H2,1H3. The van der Waals surface area contributed by atoms with Crippen molar-refractivity contribution in [2.24, 2.45) is 0 Å². The Bertz CT molecular complexity index is 465. The molecule has 0 aromatic carbocycles. The smallest absolute Gasteiger partial charge is 0.259 e. The second-order valence-electron chi connectivity index (χ2n) is 2.80. The molecule has 0 unspecified atom stereocenters. The molecule has 0 fully saturated rings. The molecular formula is C6H6ClF3N2O2S. The van der Waals surface area contributed by atoms with Gasteiger partial charge < -0.3 is 0 Å². The summed E-state index contributed by atoms with van der Waals surface area (Å²) in [6.45, 7) is -0.140. The summed E-state index contributed by atoms with van der Waals surface area (Å²) in [4.78, 5) is -0.409. The Kier molecular flexibility index (Phi) is 3.01. The number of hydrogen-bond acceptors (Lipinski definition) is 3. The maximum Gasteiger partial charge on any atom is 0.408 e. The summed E-state index contributed by atoms with van der Waals surface area (Å²) >= 11 is 0. The Morgan fingerprint density at radius 3 is 2.40 bits per heavy atom. The minimum absolute atomic E-state index is 0.137. The number of halogens is 4. The first-order valence-corrected chi connectivity index (χ1v) is 5.96. The Morgan fingerprint density at radius 2 is 2.07 bits per heavy atom. The molecule has 0 aliphatic rings. The van der Waals surface area contributed by atoms with E-state index >= 15 is 0 Å². The van der Waals surface area contributed by atoms with E-state index in [1.165, 1.54) is 6.92 Å². The third-order valence-electron chi connectivity index (χ3n) is 1.65. The van der Waals surface area contributed by atoms with Crippen LogP contribution in [0.3, 0.4) is 0 Å². The lowest BCUT2D eigenvalue weighted by molar-refractivity contribution is -0.143. The zero-order valence-corrected chi connectivity index (χ0v) is 8.99.